The molecule has 1 saturated heterocycles. The summed E-state index contributed by atoms with van der Waals surface area (Å²) in [6.45, 7) is 11.7. The van der Waals surface area contributed by atoms with Gasteiger partial charge in [-0.25, -0.2) is 0 Å². The molecule has 0 aromatic carbocycles. The third-order valence-corrected chi connectivity index (χ3v) is 3.57. The van der Waals surface area contributed by atoms with Crippen LogP contribution in [0.25, 0.3) is 0 Å². The smallest absolute Gasteiger partial charge is 0.0252 e. The van der Waals surface area contributed by atoms with Crippen LogP contribution < -0.4 is 5.32 Å². The lowest BCUT2D eigenvalue weighted by Crippen LogP contribution is -2.57. The predicted molar refractivity (Wildman–Crippen MR) is 66.1 cm³/mol. The molecule has 1 N–H and O–H groups in total. The summed E-state index contributed by atoms with van der Waals surface area (Å²) in [7, 11) is 0. The van der Waals surface area contributed by atoms with Crippen molar-refractivity contribution in [2.75, 3.05) is 38.2 Å². The Hall–Kier alpha value is 0.270. The number of hydrogen-bond donors (Lipinski definition) is 1. The van der Waals surface area contributed by atoms with Crippen LogP contribution in [0, 0.1) is 5.92 Å². The fourth-order valence-electron chi connectivity index (χ4n) is 2.18. The minimum Gasteiger partial charge on any atom is -0.309 e. The van der Waals surface area contributed by atoms with Crippen molar-refractivity contribution in [3.63, 3.8) is 0 Å². The molecule has 1 rings (SSSR count). The Balaban J connectivity index is 2.30. The number of thioether (sulfide) groups is 1. The van der Waals surface area contributed by atoms with Crippen molar-refractivity contribution >= 4 is 11.8 Å². The van der Waals surface area contributed by atoms with Crippen molar-refractivity contribution in [1.29, 1.82) is 0 Å². The molecule has 14 heavy (non-hydrogen) atoms. The minimum absolute atomic E-state index is 0.303. The number of rotatable bonds is 4. The van der Waals surface area contributed by atoms with Crippen molar-refractivity contribution in [3.05, 3.63) is 0 Å². The number of hydrogen-bond acceptors (Lipinski definition) is 3. The van der Waals surface area contributed by atoms with Gasteiger partial charge in [-0.05, 0) is 31.8 Å². The van der Waals surface area contributed by atoms with Gasteiger partial charge in [0, 0.05) is 31.7 Å². The quantitative estimate of drug-likeness (QED) is 0.769. The minimum atomic E-state index is 0.303. The topological polar surface area (TPSA) is 15.3 Å². The van der Waals surface area contributed by atoms with Crippen LogP contribution in [0.3, 0.4) is 0 Å². The molecule has 0 aromatic rings. The normalized spacial score (nSPS) is 24.9. The van der Waals surface area contributed by atoms with Crippen LogP contribution in [0.4, 0.5) is 0 Å². The first-order valence-electron chi connectivity index (χ1n) is 5.50. The monoisotopic (exact) mass is 216 g/mol. The van der Waals surface area contributed by atoms with Gasteiger partial charge >= 0.3 is 0 Å². The molecule has 1 heterocycles. The van der Waals surface area contributed by atoms with Gasteiger partial charge in [-0.3, -0.25) is 4.90 Å². The summed E-state index contributed by atoms with van der Waals surface area (Å²) in [5.41, 5.74) is 0.303. The molecule has 1 fully saturated rings. The Bertz CT molecular complexity index is 171. The van der Waals surface area contributed by atoms with Crippen LogP contribution in [0.15, 0.2) is 0 Å². The number of nitrogens with zero attached hydrogens (tertiary/aromatic N) is 1. The van der Waals surface area contributed by atoms with Gasteiger partial charge in [0.25, 0.3) is 0 Å². The highest BCUT2D eigenvalue weighted by Crippen LogP contribution is 2.13. The van der Waals surface area contributed by atoms with Crippen LogP contribution in [0.1, 0.15) is 20.8 Å². The summed E-state index contributed by atoms with van der Waals surface area (Å²) in [5.74, 6) is 2.10. The van der Waals surface area contributed by atoms with Gasteiger partial charge in [0.15, 0.2) is 0 Å². The lowest BCUT2D eigenvalue weighted by molar-refractivity contribution is 0.142. The SMILES string of the molecule is CSCC(C)CN1CCNC(C)(C)C1. The van der Waals surface area contributed by atoms with Crippen LogP contribution in [-0.2, 0) is 0 Å². The van der Waals surface area contributed by atoms with Crippen molar-refractivity contribution in [1.82, 2.24) is 10.2 Å². The van der Waals surface area contributed by atoms with Crippen molar-refractivity contribution in [3.8, 4) is 0 Å². The molecule has 0 aromatic heterocycles. The first-order valence-corrected chi connectivity index (χ1v) is 6.89. The molecule has 1 atom stereocenters. The molecule has 0 amide bonds. The van der Waals surface area contributed by atoms with Gasteiger partial charge in [0.2, 0.25) is 0 Å². The molecule has 0 radical (unpaired) electrons. The highest BCUT2D eigenvalue weighted by molar-refractivity contribution is 7.98. The molecular formula is C11H24N2S. The highest BCUT2D eigenvalue weighted by atomic mass is 32.2. The summed E-state index contributed by atoms with van der Waals surface area (Å²) >= 11 is 1.96. The average molecular weight is 216 g/mol. The molecule has 3 heteroatoms. The largest absolute Gasteiger partial charge is 0.309 e. The first kappa shape index (κ1) is 12.3. The van der Waals surface area contributed by atoms with E-state index in [-0.39, 0.29) is 0 Å². The fourth-order valence-corrected chi connectivity index (χ4v) is 2.85. The molecule has 0 aliphatic carbocycles. The third-order valence-electron chi connectivity index (χ3n) is 2.67. The van der Waals surface area contributed by atoms with Crippen LogP contribution in [0.5, 0.6) is 0 Å². The second kappa shape index (κ2) is 5.38. The van der Waals surface area contributed by atoms with E-state index in [9.17, 15) is 0 Å². The van der Waals surface area contributed by atoms with Gasteiger partial charge < -0.3 is 5.32 Å². The molecule has 0 bridgehead atoms. The van der Waals surface area contributed by atoms with Crippen LogP contribution in [-0.4, -0.2) is 48.6 Å². The van der Waals surface area contributed by atoms with E-state index in [1.807, 2.05) is 11.8 Å². The van der Waals surface area contributed by atoms with Crippen LogP contribution >= 0.6 is 11.8 Å². The Kier molecular flexibility index (Phi) is 4.74. The van der Waals surface area contributed by atoms with Gasteiger partial charge in [0.05, 0.1) is 0 Å². The van der Waals surface area contributed by atoms with E-state index in [0.29, 0.717) is 5.54 Å². The van der Waals surface area contributed by atoms with E-state index >= 15 is 0 Å². The van der Waals surface area contributed by atoms with E-state index in [4.69, 9.17) is 0 Å². The molecule has 0 saturated carbocycles. The van der Waals surface area contributed by atoms with E-state index in [0.717, 1.165) is 12.5 Å². The molecular weight excluding hydrogens is 192 g/mol. The van der Waals surface area contributed by atoms with E-state index in [1.165, 1.54) is 25.4 Å². The Labute approximate surface area is 92.8 Å². The third kappa shape index (κ3) is 4.20. The predicted octanol–water partition coefficient (Wildman–Crippen LogP) is 1.67. The maximum atomic E-state index is 3.55. The van der Waals surface area contributed by atoms with E-state index in [2.05, 4.69) is 37.2 Å². The summed E-state index contributed by atoms with van der Waals surface area (Å²) in [4.78, 5) is 2.59. The maximum Gasteiger partial charge on any atom is 0.0252 e. The van der Waals surface area contributed by atoms with Crippen molar-refractivity contribution in [2.24, 2.45) is 5.92 Å². The lowest BCUT2D eigenvalue weighted by Gasteiger charge is -2.40. The molecule has 84 valence electrons. The van der Waals surface area contributed by atoms with Crippen LogP contribution in [0.2, 0.25) is 0 Å². The highest BCUT2D eigenvalue weighted by Gasteiger charge is 2.25. The summed E-state index contributed by atoms with van der Waals surface area (Å²) < 4.78 is 0. The van der Waals surface area contributed by atoms with Crippen molar-refractivity contribution < 1.29 is 0 Å². The molecule has 1 aliphatic rings. The Morgan fingerprint density at radius 1 is 1.50 bits per heavy atom. The maximum absolute atomic E-state index is 3.55. The van der Waals surface area contributed by atoms with E-state index < -0.39 is 0 Å². The summed E-state index contributed by atoms with van der Waals surface area (Å²) in [6, 6.07) is 0. The fraction of sp³-hybridized carbons (Fsp3) is 1.00. The Morgan fingerprint density at radius 3 is 2.79 bits per heavy atom. The van der Waals surface area contributed by atoms with Gasteiger partial charge in [0.1, 0.15) is 0 Å². The Morgan fingerprint density at radius 2 is 2.21 bits per heavy atom. The molecule has 2 nitrogen and oxygen atoms in total. The molecule has 1 aliphatic heterocycles. The summed E-state index contributed by atoms with van der Waals surface area (Å²) in [5, 5.41) is 3.55. The lowest BCUT2D eigenvalue weighted by atomic mass is 10.0. The van der Waals surface area contributed by atoms with Gasteiger partial charge in [-0.2, -0.15) is 11.8 Å². The first-order chi connectivity index (χ1) is 6.53. The zero-order valence-corrected chi connectivity index (χ0v) is 10.8. The molecule has 1 unspecified atom stereocenters. The standard InChI is InChI=1S/C11H24N2S/c1-10(8-14-4)7-13-6-5-12-11(2,3)9-13/h10,12H,5-9H2,1-4H3. The second-order valence-electron chi connectivity index (χ2n) is 5.11. The zero-order chi connectivity index (χ0) is 10.6. The average Bonchev–Trinajstić information content (AvgIpc) is 2.02. The van der Waals surface area contributed by atoms with E-state index in [1.54, 1.807) is 0 Å². The number of piperazine rings is 1. The van der Waals surface area contributed by atoms with Gasteiger partial charge in [-0.15, -0.1) is 0 Å². The zero-order valence-electron chi connectivity index (χ0n) is 9.97. The van der Waals surface area contributed by atoms with Gasteiger partial charge in [-0.1, -0.05) is 6.92 Å². The summed E-state index contributed by atoms with van der Waals surface area (Å²) in [6.07, 6.45) is 2.19. The van der Waals surface area contributed by atoms with Crippen molar-refractivity contribution in [2.45, 2.75) is 26.3 Å². The second-order valence-corrected chi connectivity index (χ2v) is 6.02. The number of nitrogens with one attached hydrogen (secondary N) is 1. The molecule has 0 spiro atoms.